The number of aliphatic hydroxyl groups excluding tert-OH is 2. The molecule has 0 spiro atoms. The molecule has 5 rings (SSSR count). The van der Waals surface area contributed by atoms with Crippen molar-refractivity contribution in [1.82, 2.24) is 0 Å². The van der Waals surface area contributed by atoms with Crippen LogP contribution in [0.15, 0.2) is 83.4 Å². The van der Waals surface area contributed by atoms with E-state index < -0.39 is 23.9 Å². The third kappa shape index (κ3) is 5.09. The lowest BCUT2D eigenvalue weighted by molar-refractivity contribution is -0.123. The molecular formula is C34H37NO5. The molecule has 6 nitrogen and oxygen atoms in total. The van der Waals surface area contributed by atoms with Gasteiger partial charge in [-0.1, -0.05) is 79.1 Å². The van der Waals surface area contributed by atoms with Gasteiger partial charge in [0.15, 0.2) is 0 Å². The molecule has 208 valence electrons. The lowest BCUT2D eigenvalue weighted by atomic mass is 9.68. The molecular weight excluding hydrogens is 502 g/mol. The zero-order valence-corrected chi connectivity index (χ0v) is 23.1. The van der Waals surface area contributed by atoms with Crippen molar-refractivity contribution in [2.75, 3.05) is 11.5 Å². The van der Waals surface area contributed by atoms with Crippen LogP contribution in [0.1, 0.15) is 51.5 Å². The van der Waals surface area contributed by atoms with Crippen molar-refractivity contribution in [2.45, 2.75) is 52.1 Å². The third-order valence-corrected chi connectivity index (χ3v) is 8.50. The minimum Gasteiger partial charge on any atom is -0.507 e. The lowest BCUT2D eigenvalue weighted by Crippen LogP contribution is -2.38. The second-order valence-electron chi connectivity index (χ2n) is 11.0. The Hall–Kier alpha value is -3.74. The Morgan fingerprint density at radius 2 is 1.68 bits per heavy atom. The number of benzene rings is 3. The fourth-order valence-corrected chi connectivity index (χ4v) is 6.67. The molecule has 1 aliphatic heterocycles. The molecule has 0 radical (unpaired) electrons. The van der Waals surface area contributed by atoms with E-state index in [1.54, 1.807) is 30.3 Å². The number of phenols is 1. The van der Waals surface area contributed by atoms with Crippen molar-refractivity contribution in [2.24, 2.45) is 17.8 Å². The van der Waals surface area contributed by atoms with Gasteiger partial charge in [0.2, 0.25) is 11.8 Å². The first-order valence-corrected chi connectivity index (χ1v) is 14.2. The Kier molecular flexibility index (Phi) is 8.19. The molecule has 1 saturated heterocycles. The van der Waals surface area contributed by atoms with Gasteiger partial charge in [0.25, 0.3) is 0 Å². The molecule has 0 aromatic heterocycles. The number of imide groups is 1. The number of carbonyl (C=O) groups excluding carboxylic acids is 2. The van der Waals surface area contributed by atoms with Crippen molar-refractivity contribution in [3.63, 3.8) is 0 Å². The van der Waals surface area contributed by atoms with E-state index in [-0.39, 0.29) is 24.2 Å². The molecule has 1 fully saturated rings. The number of hydrogen-bond acceptors (Lipinski definition) is 5. The minimum atomic E-state index is -0.830. The number of allylic oxidation sites excluding steroid dienone is 2. The molecule has 3 N–H and O–H groups in total. The number of nitrogens with zero attached hydrogens (tertiary/aromatic N) is 1. The Bertz CT molecular complexity index is 1470. The van der Waals surface area contributed by atoms with Crippen LogP contribution < -0.4 is 4.90 Å². The van der Waals surface area contributed by atoms with Crippen molar-refractivity contribution < 1.29 is 24.9 Å². The SMILES string of the molecule is CCC/C(=C\c1ccc(O)c2ccccc12)CC[C@@H](O)C1=C(C)C[C@H]2C(=O)N(c3ccccc3)C(=O)[C@H]2[C@H]1CO. The topological polar surface area (TPSA) is 98.1 Å². The number of fused-ring (bicyclic) bond motifs is 2. The molecule has 2 amide bonds. The van der Waals surface area contributed by atoms with E-state index in [4.69, 9.17) is 0 Å². The predicted molar refractivity (Wildman–Crippen MR) is 158 cm³/mol. The van der Waals surface area contributed by atoms with Gasteiger partial charge >= 0.3 is 0 Å². The highest BCUT2D eigenvalue weighted by Crippen LogP contribution is 2.47. The van der Waals surface area contributed by atoms with Gasteiger partial charge in [0.05, 0.1) is 30.2 Å². The Morgan fingerprint density at radius 1 is 0.975 bits per heavy atom. The first-order valence-electron chi connectivity index (χ1n) is 14.2. The Morgan fingerprint density at radius 3 is 2.38 bits per heavy atom. The maximum Gasteiger partial charge on any atom is 0.238 e. The van der Waals surface area contributed by atoms with Crippen LogP contribution in [0, 0.1) is 17.8 Å². The van der Waals surface area contributed by atoms with E-state index >= 15 is 0 Å². The van der Waals surface area contributed by atoms with Crippen molar-refractivity contribution in [3.8, 4) is 5.75 Å². The summed E-state index contributed by atoms with van der Waals surface area (Å²) in [6.07, 6.45) is 4.64. The highest BCUT2D eigenvalue weighted by molar-refractivity contribution is 6.22. The van der Waals surface area contributed by atoms with Crippen molar-refractivity contribution >= 4 is 34.4 Å². The quantitative estimate of drug-likeness (QED) is 0.229. The number of aliphatic hydroxyl groups is 2. The van der Waals surface area contributed by atoms with Crippen LogP contribution in [0.2, 0.25) is 0 Å². The summed E-state index contributed by atoms with van der Waals surface area (Å²) in [6.45, 7) is 3.73. The fraction of sp³-hybridized carbons (Fsp3) is 0.353. The van der Waals surface area contributed by atoms with Gasteiger partial charge in [-0.2, -0.15) is 0 Å². The van der Waals surface area contributed by atoms with Gasteiger partial charge in [0.1, 0.15) is 5.75 Å². The highest BCUT2D eigenvalue weighted by Gasteiger charge is 2.54. The summed E-state index contributed by atoms with van der Waals surface area (Å²) in [5, 5.41) is 34.0. The van der Waals surface area contributed by atoms with E-state index in [9.17, 15) is 24.9 Å². The van der Waals surface area contributed by atoms with Crippen LogP contribution in [-0.2, 0) is 9.59 Å². The average molecular weight is 540 g/mol. The minimum absolute atomic E-state index is 0.234. The molecule has 6 heteroatoms. The molecule has 3 aromatic carbocycles. The molecule has 0 unspecified atom stereocenters. The van der Waals surface area contributed by atoms with Gasteiger partial charge in [-0.25, -0.2) is 0 Å². The van der Waals surface area contributed by atoms with E-state index in [1.807, 2.05) is 43.3 Å². The van der Waals surface area contributed by atoms with Gasteiger partial charge in [-0.3, -0.25) is 14.5 Å². The van der Waals surface area contributed by atoms with Crippen LogP contribution in [0.5, 0.6) is 5.75 Å². The summed E-state index contributed by atoms with van der Waals surface area (Å²) in [6, 6.07) is 20.3. The molecule has 4 atom stereocenters. The van der Waals surface area contributed by atoms with E-state index in [0.717, 1.165) is 34.8 Å². The highest BCUT2D eigenvalue weighted by atomic mass is 16.3. The van der Waals surface area contributed by atoms with E-state index in [1.165, 1.54) is 10.5 Å². The van der Waals surface area contributed by atoms with Crippen LogP contribution in [-0.4, -0.2) is 39.8 Å². The zero-order valence-electron chi connectivity index (χ0n) is 23.1. The summed E-state index contributed by atoms with van der Waals surface area (Å²) in [7, 11) is 0. The fourth-order valence-electron chi connectivity index (χ4n) is 6.67. The number of aromatic hydroxyl groups is 1. The normalized spacial score (nSPS) is 22.2. The maximum atomic E-state index is 13.5. The number of amides is 2. The van der Waals surface area contributed by atoms with Crippen molar-refractivity contribution in [3.05, 3.63) is 89.0 Å². The standard InChI is InChI=1S/C34H37NO5/c1-3-9-22(19-23-15-17-29(37)26-13-8-7-12-25(23)26)14-16-30(38)31-21(2)18-27-32(28(31)20-36)34(40)35(33(27)39)24-10-5-4-6-11-24/h4-8,10-13,15,17,19,27-28,30,32,36-38H,3,9,14,16,18,20H2,1-2H3/b22-19+/t27-,28+,30-,32-/m1/s1. The third-order valence-electron chi connectivity index (χ3n) is 8.50. The van der Waals surface area contributed by atoms with E-state index in [2.05, 4.69) is 13.0 Å². The predicted octanol–water partition coefficient (Wildman–Crippen LogP) is 6.00. The number of para-hydroxylation sites is 1. The number of carbonyl (C=O) groups is 2. The summed E-state index contributed by atoms with van der Waals surface area (Å²) in [4.78, 5) is 28.1. The molecule has 0 bridgehead atoms. The monoisotopic (exact) mass is 539 g/mol. The molecule has 2 aliphatic rings. The molecule has 40 heavy (non-hydrogen) atoms. The Balaban J connectivity index is 1.38. The Labute approximate surface area is 235 Å². The van der Waals surface area contributed by atoms with Gasteiger partial charge in [-0.15, -0.1) is 0 Å². The summed E-state index contributed by atoms with van der Waals surface area (Å²) in [5.41, 5.74) is 4.33. The summed E-state index contributed by atoms with van der Waals surface area (Å²) < 4.78 is 0. The largest absolute Gasteiger partial charge is 0.507 e. The van der Waals surface area contributed by atoms with Crippen LogP contribution in [0.4, 0.5) is 5.69 Å². The van der Waals surface area contributed by atoms with Gasteiger partial charge < -0.3 is 15.3 Å². The second kappa shape index (κ2) is 11.8. The van der Waals surface area contributed by atoms with Gasteiger partial charge in [-0.05, 0) is 67.3 Å². The van der Waals surface area contributed by atoms with Crippen molar-refractivity contribution in [1.29, 1.82) is 0 Å². The lowest BCUT2D eigenvalue weighted by Gasteiger charge is -2.35. The number of anilines is 1. The number of phenolic OH excluding ortho intramolecular Hbond substituents is 1. The molecule has 0 saturated carbocycles. The average Bonchev–Trinajstić information content (AvgIpc) is 3.21. The van der Waals surface area contributed by atoms with E-state index in [0.29, 0.717) is 30.5 Å². The summed E-state index contributed by atoms with van der Waals surface area (Å²) in [5.74, 6) is -2.10. The van der Waals surface area contributed by atoms with Crippen LogP contribution in [0.25, 0.3) is 16.8 Å². The molecule has 1 heterocycles. The first kappa shape index (κ1) is 27.8. The first-order chi connectivity index (χ1) is 19.3. The zero-order chi connectivity index (χ0) is 28.4. The van der Waals surface area contributed by atoms with Gasteiger partial charge in [0, 0.05) is 11.3 Å². The van der Waals surface area contributed by atoms with Crippen LogP contribution >= 0.6 is 0 Å². The number of rotatable bonds is 9. The van der Waals surface area contributed by atoms with Crippen LogP contribution in [0.3, 0.4) is 0 Å². The summed E-state index contributed by atoms with van der Waals surface area (Å²) >= 11 is 0. The molecule has 3 aromatic rings. The molecule has 1 aliphatic carbocycles. The smallest absolute Gasteiger partial charge is 0.238 e. The number of hydrogen-bond donors (Lipinski definition) is 3. The maximum absolute atomic E-state index is 13.5. The second-order valence-corrected chi connectivity index (χ2v) is 11.0.